The molecule has 1 heterocycles. The van der Waals surface area contributed by atoms with Gasteiger partial charge in [0.15, 0.2) is 0 Å². The van der Waals surface area contributed by atoms with E-state index in [9.17, 15) is 4.79 Å². The minimum absolute atomic E-state index is 0.0854. The van der Waals surface area contributed by atoms with Crippen LogP contribution in [0.4, 0.5) is 0 Å². The fourth-order valence-electron chi connectivity index (χ4n) is 1.21. The van der Waals surface area contributed by atoms with Gasteiger partial charge >= 0.3 is 0 Å². The van der Waals surface area contributed by atoms with Crippen molar-refractivity contribution in [2.75, 3.05) is 5.88 Å². The van der Waals surface area contributed by atoms with Gasteiger partial charge in [-0.3, -0.25) is 4.79 Å². The number of hydrogen-bond donors (Lipinski definition) is 1. The zero-order valence-corrected chi connectivity index (χ0v) is 9.94. The third-order valence-corrected chi connectivity index (χ3v) is 2.57. The quantitative estimate of drug-likeness (QED) is 0.816. The smallest absolute Gasteiger partial charge is 0.256 e. The molecule has 0 aromatic carbocycles. The number of carbonyl (C=O) groups is 1. The Morgan fingerprint density at radius 3 is 2.93 bits per heavy atom. The van der Waals surface area contributed by atoms with Crippen LogP contribution in [0.25, 0.3) is 0 Å². The molecule has 3 nitrogen and oxygen atoms in total. The van der Waals surface area contributed by atoms with E-state index in [0.717, 1.165) is 12.8 Å². The molecule has 1 aromatic heterocycles. The number of halogens is 2. The second kappa shape index (κ2) is 6.03. The monoisotopic (exact) mass is 249 g/mol. The van der Waals surface area contributed by atoms with Gasteiger partial charge in [-0.05, 0) is 37.4 Å². The second-order valence-corrected chi connectivity index (χ2v) is 4.03. The van der Waals surface area contributed by atoms with Gasteiger partial charge in [-0.1, -0.05) is 0 Å². The number of rotatable bonds is 5. The van der Waals surface area contributed by atoms with Gasteiger partial charge in [0.05, 0.1) is 11.8 Å². The minimum atomic E-state index is -0.212. The molecule has 1 amide bonds. The molecule has 0 radical (unpaired) electrons. The Morgan fingerprint density at radius 2 is 2.40 bits per heavy atom. The first kappa shape index (κ1) is 12.4. The molecule has 5 heteroatoms. The molecule has 1 atom stereocenters. The fraction of sp³-hybridized carbons (Fsp3) is 0.500. The number of nitrogens with one attached hydrogen (secondary N) is 1. The number of hydrogen-bond acceptors (Lipinski definition) is 2. The summed E-state index contributed by atoms with van der Waals surface area (Å²) in [6.45, 7) is 1.93. The van der Waals surface area contributed by atoms with Gasteiger partial charge in [0.2, 0.25) is 5.22 Å². The Morgan fingerprint density at radius 1 is 1.67 bits per heavy atom. The predicted octanol–water partition coefficient (Wildman–Crippen LogP) is 3.07. The molecule has 0 fully saturated rings. The third kappa shape index (κ3) is 3.76. The molecule has 0 spiro atoms. The van der Waals surface area contributed by atoms with Crippen LogP contribution >= 0.6 is 23.2 Å². The lowest BCUT2D eigenvalue weighted by atomic mass is 10.2. The van der Waals surface area contributed by atoms with Crippen LogP contribution in [-0.2, 0) is 0 Å². The zero-order chi connectivity index (χ0) is 11.3. The van der Waals surface area contributed by atoms with Crippen molar-refractivity contribution in [3.63, 3.8) is 0 Å². The van der Waals surface area contributed by atoms with Gasteiger partial charge in [-0.2, -0.15) is 0 Å². The lowest BCUT2D eigenvalue weighted by Crippen LogP contribution is -2.32. The summed E-state index contributed by atoms with van der Waals surface area (Å²) in [5.41, 5.74) is 0.370. The molecule has 0 bridgehead atoms. The van der Waals surface area contributed by atoms with E-state index in [4.69, 9.17) is 27.6 Å². The molecule has 1 unspecified atom stereocenters. The van der Waals surface area contributed by atoms with Crippen LogP contribution in [0, 0.1) is 0 Å². The van der Waals surface area contributed by atoms with Crippen LogP contribution in [0.2, 0.25) is 5.22 Å². The van der Waals surface area contributed by atoms with Crippen molar-refractivity contribution in [2.24, 2.45) is 0 Å². The summed E-state index contributed by atoms with van der Waals surface area (Å²) in [6.07, 6.45) is 3.12. The summed E-state index contributed by atoms with van der Waals surface area (Å²) in [5, 5.41) is 2.94. The van der Waals surface area contributed by atoms with Gasteiger partial charge in [0.25, 0.3) is 5.91 Å². The van der Waals surface area contributed by atoms with Crippen molar-refractivity contribution in [3.8, 4) is 0 Å². The van der Waals surface area contributed by atoms with Crippen LogP contribution in [-0.4, -0.2) is 17.8 Å². The van der Waals surface area contributed by atoms with E-state index in [0.29, 0.717) is 11.4 Å². The lowest BCUT2D eigenvalue weighted by Gasteiger charge is -2.12. The molecular weight excluding hydrogens is 237 g/mol. The van der Waals surface area contributed by atoms with E-state index in [1.807, 2.05) is 6.92 Å². The Balaban J connectivity index is 2.46. The summed E-state index contributed by atoms with van der Waals surface area (Å²) in [5.74, 6) is 0.392. The van der Waals surface area contributed by atoms with Crippen LogP contribution in [0.3, 0.4) is 0 Å². The molecule has 84 valence electrons. The molecule has 1 aromatic rings. The number of carbonyl (C=O) groups excluding carboxylic acids is 1. The van der Waals surface area contributed by atoms with Gasteiger partial charge in [-0.15, -0.1) is 11.6 Å². The summed E-state index contributed by atoms with van der Waals surface area (Å²) < 4.78 is 4.83. The summed E-state index contributed by atoms with van der Waals surface area (Å²) in [4.78, 5) is 11.6. The predicted molar refractivity (Wildman–Crippen MR) is 60.6 cm³/mol. The average molecular weight is 250 g/mol. The van der Waals surface area contributed by atoms with E-state index in [1.54, 1.807) is 6.07 Å². The molecule has 0 saturated carbocycles. The van der Waals surface area contributed by atoms with Crippen molar-refractivity contribution in [1.82, 2.24) is 5.32 Å². The molecule has 0 aliphatic heterocycles. The summed E-state index contributed by atoms with van der Waals surface area (Å²) in [6, 6.07) is 1.63. The maximum atomic E-state index is 11.6. The summed E-state index contributed by atoms with van der Waals surface area (Å²) >= 11 is 11.2. The molecule has 0 saturated heterocycles. The first-order valence-corrected chi connectivity index (χ1v) is 5.66. The van der Waals surface area contributed by atoms with Crippen LogP contribution in [0.5, 0.6) is 0 Å². The van der Waals surface area contributed by atoms with Crippen LogP contribution in [0.15, 0.2) is 16.7 Å². The molecule has 1 rings (SSSR count). The van der Waals surface area contributed by atoms with Crippen molar-refractivity contribution in [3.05, 3.63) is 23.1 Å². The van der Waals surface area contributed by atoms with Crippen LogP contribution in [0.1, 0.15) is 30.1 Å². The number of amides is 1. The van der Waals surface area contributed by atoms with E-state index in [2.05, 4.69) is 5.32 Å². The standard InChI is InChI=1S/C10H13Cl2NO2/c1-7(3-2-5-11)13-10(14)8-4-6-15-9(8)12/h4,6-7H,2-3,5H2,1H3,(H,13,14). The normalized spacial score (nSPS) is 12.5. The maximum absolute atomic E-state index is 11.6. The fourth-order valence-corrected chi connectivity index (χ4v) is 1.57. The highest BCUT2D eigenvalue weighted by Gasteiger charge is 2.14. The van der Waals surface area contributed by atoms with E-state index in [1.165, 1.54) is 6.26 Å². The lowest BCUT2D eigenvalue weighted by molar-refractivity contribution is 0.0938. The third-order valence-electron chi connectivity index (χ3n) is 2.01. The molecule has 0 aliphatic carbocycles. The minimum Gasteiger partial charge on any atom is -0.452 e. The highest BCUT2D eigenvalue weighted by molar-refractivity contribution is 6.32. The molecular formula is C10H13Cl2NO2. The molecule has 0 aliphatic rings. The topological polar surface area (TPSA) is 42.2 Å². The van der Waals surface area contributed by atoms with E-state index in [-0.39, 0.29) is 17.2 Å². The van der Waals surface area contributed by atoms with Crippen molar-refractivity contribution < 1.29 is 9.21 Å². The van der Waals surface area contributed by atoms with Gasteiger partial charge in [0, 0.05) is 11.9 Å². The van der Waals surface area contributed by atoms with E-state index >= 15 is 0 Å². The average Bonchev–Trinajstić information content (AvgIpc) is 2.61. The van der Waals surface area contributed by atoms with Gasteiger partial charge < -0.3 is 9.73 Å². The zero-order valence-electron chi connectivity index (χ0n) is 8.43. The van der Waals surface area contributed by atoms with Crippen molar-refractivity contribution >= 4 is 29.1 Å². The number of alkyl halides is 1. The van der Waals surface area contributed by atoms with Gasteiger partial charge in [0.1, 0.15) is 0 Å². The van der Waals surface area contributed by atoms with Crippen molar-refractivity contribution in [2.45, 2.75) is 25.8 Å². The maximum Gasteiger partial charge on any atom is 0.256 e. The SMILES string of the molecule is CC(CCCCl)NC(=O)c1ccoc1Cl. The van der Waals surface area contributed by atoms with Crippen molar-refractivity contribution in [1.29, 1.82) is 0 Å². The Hall–Kier alpha value is -0.670. The van der Waals surface area contributed by atoms with Crippen LogP contribution < -0.4 is 5.32 Å². The Labute approximate surface area is 98.7 Å². The Bertz CT molecular complexity index is 325. The van der Waals surface area contributed by atoms with E-state index < -0.39 is 0 Å². The second-order valence-electron chi connectivity index (χ2n) is 3.31. The summed E-state index contributed by atoms with van der Waals surface area (Å²) in [7, 11) is 0. The van der Waals surface area contributed by atoms with Gasteiger partial charge in [-0.25, -0.2) is 0 Å². The molecule has 15 heavy (non-hydrogen) atoms. The highest BCUT2D eigenvalue weighted by Crippen LogP contribution is 2.16. The molecule has 1 N–H and O–H groups in total. The first-order valence-electron chi connectivity index (χ1n) is 4.75. The Kier molecular flexibility index (Phi) is 4.99. The number of furan rings is 1. The largest absolute Gasteiger partial charge is 0.452 e. The first-order chi connectivity index (χ1) is 7.15. The highest BCUT2D eigenvalue weighted by atomic mass is 35.5.